The van der Waals surface area contributed by atoms with Crippen LogP contribution in [0.25, 0.3) is 0 Å². The lowest BCUT2D eigenvalue weighted by atomic mass is 9.84. The monoisotopic (exact) mass is 319 g/mol. The molecule has 19 heavy (non-hydrogen) atoms. The van der Waals surface area contributed by atoms with Crippen LogP contribution in [0.3, 0.4) is 0 Å². The van der Waals surface area contributed by atoms with Crippen molar-refractivity contribution in [3.05, 3.63) is 64.4 Å². The molecule has 1 unspecified atom stereocenters. The van der Waals surface area contributed by atoms with Crippen LogP contribution in [-0.4, -0.2) is 10.1 Å². The van der Waals surface area contributed by atoms with Crippen LogP contribution in [0.1, 0.15) is 30.9 Å². The average molecular weight is 320 g/mol. The number of hydrogen-bond donors (Lipinski definition) is 1. The quantitative estimate of drug-likeness (QED) is 0.901. The molecule has 1 aromatic carbocycles. The van der Waals surface area contributed by atoms with Gasteiger partial charge in [0, 0.05) is 23.3 Å². The van der Waals surface area contributed by atoms with Crippen molar-refractivity contribution in [1.82, 2.24) is 4.98 Å². The molecule has 1 atom stereocenters. The number of aromatic nitrogens is 1. The number of halogens is 1. The van der Waals surface area contributed by atoms with Gasteiger partial charge in [-0.15, -0.1) is 0 Å². The van der Waals surface area contributed by atoms with Crippen molar-refractivity contribution in [2.24, 2.45) is 0 Å². The zero-order valence-electron chi connectivity index (χ0n) is 11.0. The molecular weight excluding hydrogens is 302 g/mol. The Kier molecular flexibility index (Phi) is 4.72. The van der Waals surface area contributed by atoms with Crippen LogP contribution >= 0.6 is 15.9 Å². The van der Waals surface area contributed by atoms with Crippen LogP contribution in [0.15, 0.2) is 53.3 Å². The van der Waals surface area contributed by atoms with Crippen molar-refractivity contribution in [3.63, 3.8) is 0 Å². The van der Waals surface area contributed by atoms with Crippen LogP contribution < -0.4 is 0 Å². The highest BCUT2D eigenvalue weighted by molar-refractivity contribution is 9.10. The Morgan fingerprint density at radius 1 is 1.21 bits per heavy atom. The van der Waals surface area contributed by atoms with Gasteiger partial charge in [-0.2, -0.15) is 0 Å². The van der Waals surface area contributed by atoms with Gasteiger partial charge in [0.2, 0.25) is 0 Å². The van der Waals surface area contributed by atoms with E-state index in [1.807, 2.05) is 42.6 Å². The number of pyridine rings is 1. The molecule has 0 spiro atoms. The van der Waals surface area contributed by atoms with Gasteiger partial charge in [0.1, 0.15) is 0 Å². The van der Waals surface area contributed by atoms with Gasteiger partial charge in [0.15, 0.2) is 0 Å². The summed E-state index contributed by atoms with van der Waals surface area (Å²) in [5.74, 6) is 0. The van der Waals surface area contributed by atoms with Crippen LogP contribution in [0.2, 0.25) is 0 Å². The molecule has 2 nitrogen and oxygen atoms in total. The van der Waals surface area contributed by atoms with E-state index < -0.39 is 5.60 Å². The molecule has 0 aliphatic carbocycles. The normalized spacial score (nSPS) is 14.1. The predicted octanol–water partition coefficient (Wildman–Crippen LogP) is 4.07. The first-order valence-electron chi connectivity index (χ1n) is 6.51. The van der Waals surface area contributed by atoms with E-state index in [0.29, 0.717) is 6.42 Å². The molecule has 3 heteroatoms. The van der Waals surface area contributed by atoms with Gasteiger partial charge in [0.25, 0.3) is 0 Å². The van der Waals surface area contributed by atoms with Gasteiger partial charge in [-0.1, -0.05) is 43.7 Å². The first kappa shape index (κ1) is 14.2. The Balaban J connectivity index is 2.30. The third kappa shape index (κ3) is 3.64. The molecular formula is C16H18BrNO. The Morgan fingerprint density at radius 2 is 1.95 bits per heavy atom. The minimum absolute atomic E-state index is 0.581. The van der Waals surface area contributed by atoms with Crippen LogP contribution in [0, 0.1) is 0 Å². The fraction of sp³-hybridized carbons (Fsp3) is 0.312. The Hall–Kier alpha value is -1.19. The van der Waals surface area contributed by atoms with E-state index in [1.54, 1.807) is 6.20 Å². The Morgan fingerprint density at radius 3 is 2.58 bits per heavy atom. The topological polar surface area (TPSA) is 33.1 Å². The maximum atomic E-state index is 11.0. The first-order chi connectivity index (χ1) is 9.14. The summed E-state index contributed by atoms with van der Waals surface area (Å²) < 4.78 is 0.942. The Labute approximate surface area is 122 Å². The zero-order chi connectivity index (χ0) is 13.7. The molecule has 0 saturated heterocycles. The maximum Gasteiger partial charge on any atom is 0.0937 e. The molecule has 0 bridgehead atoms. The fourth-order valence-corrected chi connectivity index (χ4v) is 2.80. The lowest BCUT2D eigenvalue weighted by Crippen LogP contribution is -2.28. The molecule has 1 heterocycles. The van der Waals surface area contributed by atoms with Crippen LogP contribution in [-0.2, 0) is 12.0 Å². The van der Waals surface area contributed by atoms with Crippen molar-refractivity contribution < 1.29 is 5.11 Å². The van der Waals surface area contributed by atoms with Gasteiger partial charge < -0.3 is 5.11 Å². The number of aliphatic hydroxyl groups is 1. The van der Waals surface area contributed by atoms with Crippen LogP contribution in [0.5, 0.6) is 0 Å². The average Bonchev–Trinajstić information content (AvgIpc) is 2.40. The second-order valence-corrected chi connectivity index (χ2v) is 5.75. The summed E-state index contributed by atoms with van der Waals surface area (Å²) in [6.45, 7) is 2.09. The van der Waals surface area contributed by atoms with Gasteiger partial charge in [-0.05, 0) is 39.5 Å². The van der Waals surface area contributed by atoms with Crippen molar-refractivity contribution in [2.75, 3.05) is 0 Å². The smallest absolute Gasteiger partial charge is 0.0937 e. The second-order valence-electron chi connectivity index (χ2n) is 4.84. The van der Waals surface area contributed by atoms with E-state index in [9.17, 15) is 5.11 Å². The molecule has 100 valence electrons. The maximum absolute atomic E-state index is 11.0. The van der Waals surface area contributed by atoms with E-state index in [1.165, 1.54) is 0 Å². The first-order valence-corrected chi connectivity index (χ1v) is 7.31. The molecule has 1 N–H and O–H groups in total. The molecule has 0 aliphatic rings. The predicted molar refractivity (Wildman–Crippen MR) is 80.9 cm³/mol. The molecule has 1 aromatic heterocycles. The van der Waals surface area contributed by atoms with E-state index in [4.69, 9.17) is 0 Å². The summed E-state index contributed by atoms with van der Waals surface area (Å²) in [6, 6.07) is 11.9. The largest absolute Gasteiger partial charge is 0.385 e. The summed E-state index contributed by atoms with van der Waals surface area (Å²) in [5, 5.41) is 11.0. The number of benzene rings is 1. The third-order valence-electron chi connectivity index (χ3n) is 3.23. The highest BCUT2D eigenvalue weighted by Crippen LogP contribution is 2.30. The van der Waals surface area contributed by atoms with Crippen molar-refractivity contribution in [1.29, 1.82) is 0 Å². The molecule has 2 aromatic rings. The molecule has 0 radical (unpaired) electrons. The second kappa shape index (κ2) is 6.31. The Bertz CT molecular complexity index is 529. The number of nitrogens with zero attached hydrogens (tertiary/aromatic N) is 1. The van der Waals surface area contributed by atoms with Crippen molar-refractivity contribution in [2.45, 2.75) is 31.8 Å². The number of rotatable bonds is 5. The zero-order valence-corrected chi connectivity index (χ0v) is 12.6. The summed E-state index contributed by atoms with van der Waals surface area (Å²) in [4.78, 5) is 4.16. The third-order valence-corrected chi connectivity index (χ3v) is 3.67. The van der Waals surface area contributed by atoms with E-state index in [2.05, 4.69) is 27.8 Å². The lowest BCUT2D eigenvalue weighted by Gasteiger charge is -2.28. The molecule has 0 fully saturated rings. The van der Waals surface area contributed by atoms with E-state index in [-0.39, 0.29) is 0 Å². The van der Waals surface area contributed by atoms with Crippen molar-refractivity contribution >= 4 is 15.9 Å². The highest BCUT2D eigenvalue weighted by atomic mass is 79.9. The summed E-state index contributed by atoms with van der Waals surface area (Å²) in [7, 11) is 0. The number of hydrogen-bond acceptors (Lipinski definition) is 2. The molecule has 0 amide bonds. The lowest BCUT2D eigenvalue weighted by molar-refractivity contribution is 0.0268. The summed E-state index contributed by atoms with van der Waals surface area (Å²) >= 11 is 3.42. The van der Waals surface area contributed by atoms with E-state index >= 15 is 0 Å². The minimum atomic E-state index is -0.821. The van der Waals surface area contributed by atoms with Gasteiger partial charge in [-0.3, -0.25) is 4.98 Å². The van der Waals surface area contributed by atoms with Crippen LogP contribution in [0.4, 0.5) is 0 Å². The van der Waals surface area contributed by atoms with E-state index in [0.717, 1.165) is 28.4 Å². The summed E-state index contributed by atoms with van der Waals surface area (Å²) in [5.41, 5.74) is 1.18. The van der Waals surface area contributed by atoms with Gasteiger partial charge in [0.05, 0.1) is 5.60 Å². The fourth-order valence-electron chi connectivity index (χ4n) is 2.39. The SMILES string of the molecule is CCCC(O)(Cc1cncc(Br)c1)c1ccccc1. The molecule has 0 saturated carbocycles. The van der Waals surface area contributed by atoms with Crippen molar-refractivity contribution in [3.8, 4) is 0 Å². The summed E-state index contributed by atoms with van der Waals surface area (Å²) in [6.07, 6.45) is 5.83. The molecule has 2 rings (SSSR count). The standard InChI is InChI=1S/C16H18BrNO/c1-2-8-16(19,14-6-4-3-5-7-14)10-13-9-15(17)12-18-11-13/h3-7,9,11-12,19H,2,8,10H2,1H3. The van der Waals surface area contributed by atoms with Gasteiger partial charge in [-0.25, -0.2) is 0 Å². The minimum Gasteiger partial charge on any atom is -0.385 e. The van der Waals surface area contributed by atoms with Gasteiger partial charge >= 0.3 is 0 Å². The highest BCUT2D eigenvalue weighted by Gasteiger charge is 2.28. The molecule has 0 aliphatic heterocycles.